The first kappa shape index (κ1) is 11.7. The molecule has 1 rings (SSSR count). The summed E-state index contributed by atoms with van der Waals surface area (Å²) in [6, 6.07) is 2.89. The molecule has 8 N–H and O–H groups in total. The third kappa shape index (κ3) is 3.03. The first-order valence-corrected chi connectivity index (χ1v) is 5.22. The zero-order valence-electron chi connectivity index (χ0n) is 8.16. The highest BCUT2D eigenvalue weighted by Crippen LogP contribution is 2.33. The number of rotatable bonds is 3. The average Bonchev–Trinajstić information content (AvgIpc) is 2.13. The third-order valence-corrected chi connectivity index (χ3v) is 2.64. The molecule has 15 heavy (non-hydrogen) atoms. The van der Waals surface area contributed by atoms with Crippen LogP contribution in [0, 0.1) is 5.41 Å². The van der Waals surface area contributed by atoms with Gasteiger partial charge in [0.2, 0.25) is 0 Å². The van der Waals surface area contributed by atoms with E-state index in [4.69, 9.17) is 11.1 Å². The molecule has 0 saturated heterocycles. The van der Waals surface area contributed by atoms with Gasteiger partial charge in [0.25, 0.3) is 0 Å². The highest BCUT2D eigenvalue weighted by Gasteiger charge is 2.10. The van der Waals surface area contributed by atoms with Crippen molar-refractivity contribution in [1.82, 2.24) is 0 Å². The second-order valence-corrected chi connectivity index (χ2v) is 4.10. The Kier molecular flexibility index (Phi) is 3.81. The van der Waals surface area contributed by atoms with Crippen molar-refractivity contribution in [3.63, 3.8) is 0 Å². The number of aromatic hydroxyl groups is 2. The van der Waals surface area contributed by atoms with Gasteiger partial charge >= 0.3 is 0 Å². The lowest BCUT2D eigenvalue weighted by Gasteiger charge is -2.08. The molecule has 0 aliphatic carbocycles. The Morgan fingerprint density at radius 3 is 2.53 bits per heavy atom. The van der Waals surface area contributed by atoms with Crippen LogP contribution in [0.4, 0.5) is 0 Å². The van der Waals surface area contributed by atoms with Gasteiger partial charge in [-0.2, -0.15) is 0 Å². The van der Waals surface area contributed by atoms with Gasteiger partial charge in [0.05, 0.1) is 6.54 Å². The van der Waals surface area contributed by atoms with Crippen LogP contribution in [0.15, 0.2) is 17.0 Å². The predicted molar refractivity (Wildman–Crippen MR) is 59.0 cm³/mol. The lowest BCUT2D eigenvalue weighted by atomic mass is 10.1. The molecule has 0 radical (unpaired) electrons. The summed E-state index contributed by atoms with van der Waals surface area (Å²) in [5, 5.41) is 25.8. The highest BCUT2D eigenvalue weighted by atomic mass is 32.2. The van der Waals surface area contributed by atoms with Crippen LogP contribution in [0.1, 0.15) is 5.56 Å². The van der Waals surface area contributed by atoms with Gasteiger partial charge in [-0.05, 0) is 17.7 Å². The zero-order valence-corrected chi connectivity index (χ0v) is 8.97. The summed E-state index contributed by atoms with van der Waals surface area (Å²) in [7, 11) is 0. The monoisotopic (exact) mass is 228 g/mol. The van der Waals surface area contributed by atoms with Gasteiger partial charge in [0, 0.05) is 11.3 Å². The van der Waals surface area contributed by atoms with Crippen molar-refractivity contribution in [3.8, 4) is 11.5 Å². The Hall–Kier alpha value is -1.40. The van der Waals surface area contributed by atoms with Crippen molar-refractivity contribution in [1.29, 1.82) is 5.41 Å². The van der Waals surface area contributed by atoms with Crippen LogP contribution in [0.25, 0.3) is 0 Å². The third-order valence-electron chi connectivity index (χ3n) is 1.82. The summed E-state index contributed by atoms with van der Waals surface area (Å²) in [5.41, 5.74) is 9.81. The van der Waals surface area contributed by atoms with Crippen LogP contribution >= 0.6 is 11.8 Å². The van der Waals surface area contributed by atoms with Gasteiger partial charge in [0.1, 0.15) is 0 Å². The molecule has 0 spiro atoms. The number of amidine groups is 1. The van der Waals surface area contributed by atoms with Crippen molar-refractivity contribution >= 4 is 16.9 Å². The molecule has 82 valence electrons. The molecule has 1 aromatic rings. The van der Waals surface area contributed by atoms with E-state index in [9.17, 15) is 10.2 Å². The van der Waals surface area contributed by atoms with Gasteiger partial charge in [-0.3, -0.25) is 5.41 Å². The molecule has 0 saturated carbocycles. The van der Waals surface area contributed by atoms with Crippen LogP contribution in [-0.2, 0) is 6.42 Å². The Bertz CT molecular complexity index is 382. The van der Waals surface area contributed by atoms with Crippen LogP contribution < -0.4 is 11.5 Å². The second-order valence-electron chi connectivity index (χ2n) is 3.02. The van der Waals surface area contributed by atoms with Gasteiger partial charge in [-0.15, -0.1) is 0 Å². The second kappa shape index (κ2) is 4.90. The topological polar surface area (TPSA) is 118 Å². The maximum absolute atomic E-state index is 9.32. The minimum Gasteiger partial charge on any atom is -0.504 e. The van der Waals surface area contributed by atoms with Crippen molar-refractivity contribution in [2.75, 3.05) is 6.54 Å². The van der Waals surface area contributed by atoms with Crippen molar-refractivity contribution in [3.05, 3.63) is 17.7 Å². The zero-order chi connectivity index (χ0) is 11.4. The standard InChI is InChI=1S/C9H13N3O2S/c10-2-1-5-3-6(13)7(14)4-8(5)15-9(11)12/h3-4,13-14H,1-2,10H2,(H3,11,12)/p+1. The van der Waals surface area contributed by atoms with E-state index in [-0.39, 0.29) is 16.7 Å². The first-order valence-electron chi connectivity index (χ1n) is 4.40. The molecule has 0 bridgehead atoms. The number of nitrogens with two attached hydrogens (primary N) is 1. The summed E-state index contributed by atoms with van der Waals surface area (Å²) in [4.78, 5) is 0.682. The van der Waals surface area contributed by atoms with E-state index < -0.39 is 0 Å². The van der Waals surface area contributed by atoms with Crippen molar-refractivity contribution in [2.45, 2.75) is 11.3 Å². The molecule has 0 unspecified atom stereocenters. The lowest BCUT2D eigenvalue weighted by Crippen LogP contribution is -2.51. The molecule has 0 aromatic heterocycles. The summed E-state index contributed by atoms with van der Waals surface area (Å²) >= 11 is 1.05. The van der Waals surface area contributed by atoms with Crippen LogP contribution in [0.5, 0.6) is 11.5 Å². The molecule has 0 heterocycles. The molecule has 5 nitrogen and oxygen atoms in total. The summed E-state index contributed by atoms with van der Waals surface area (Å²) in [6.07, 6.45) is 0.670. The molecule has 0 fully saturated rings. The van der Waals surface area contributed by atoms with Crippen LogP contribution in [0.2, 0.25) is 0 Å². The Balaban J connectivity index is 3.09. The number of thioether (sulfide) groups is 1. The molecule has 6 heteroatoms. The minimum atomic E-state index is -0.202. The van der Waals surface area contributed by atoms with Gasteiger partial charge in [0.15, 0.2) is 16.7 Å². The van der Waals surface area contributed by atoms with E-state index in [1.165, 1.54) is 12.1 Å². The van der Waals surface area contributed by atoms with E-state index in [1.807, 2.05) is 0 Å². The molecular formula is C9H14N3O2S+. The molecule has 1 aromatic carbocycles. The smallest absolute Gasteiger partial charge is 0.158 e. The fourth-order valence-electron chi connectivity index (χ4n) is 1.20. The van der Waals surface area contributed by atoms with E-state index in [0.29, 0.717) is 17.9 Å². The summed E-state index contributed by atoms with van der Waals surface area (Å²) in [6.45, 7) is 0.676. The van der Waals surface area contributed by atoms with Gasteiger partial charge in [-0.1, -0.05) is 11.8 Å². The van der Waals surface area contributed by atoms with E-state index in [0.717, 1.165) is 17.3 Å². The Labute approximate surface area is 91.6 Å². The number of quaternary nitrogens is 1. The average molecular weight is 228 g/mol. The SMILES string of the molecule is N=C(N)Sc1cc(O)c(O)cc1CC[NH3+]. The number of nitrogens with one attached hydrogen (secondary N) is 1. The molecule has 0 amide bonds. The van der Waals surface area contributed by atoms with E-state index in [1.54, 1.807) is 0 Å². The summed E-state index contributed by atoms with van der Waals surface area (Å²) in [5.74, 6) is -0.363. The first-order chi connectivity index (χ1) is 7.04. The van der Waals surface area contributed by atoms with E-state index >= 15 is 0 Å². The Morgan fingerprint density at radius 1 is 1.40 bits per heavy atom. The number of benzene rings is 1. The fraction of sp³-hybridized carbons (Fsp3) is 0.222. The quantitative estimate of drug-likeness (QED) is 0.214. The van der Waals surface area contributed by atoms with Crippen molar-refractivity contribution in [2.24, 2.45) is 5.73 Å². The largest absolute Gasteiger partial charge is 0.504 e. The van der Waals surface area contributed by atoms with Crippen LogP contribution in [-0.4, -0.2) is 21.9 Å². The summed E-state index contributed by atoms with van der Waals surface area (Å²) < 4.78 is 0. The normalized spacial score (nSPS) is 10.2. The van der Waals surface area contributed by atoms with Crippen LogP contribution in [0.3, 0.4) is 0 Å². The predicted octanol–water partition coefficient (Wildman–Crippen LogP) is -0.132. The van der Waals surface area contributed by atoms with Gasteiger partial charge in [-0.25, -0.2) is 0 Å². The van der Waals surface area contributed by atoms with Gasteiger partial charge < -0.3 is 21.7 Å². The number of phenolic OH excluding ortho intramolecular Hbond substituents is 2. The maximum atomic E-state index is 9.32. The maximum Gasteiger partial charge on any atom is 0.158 e. The number of phenols is 2. The van der Waals surface area contributed by atoms with E-state index in [2.05, 4.69) is 5.73 Å². The highest BCUT2D eigenvalue weighted by molar-refractivity contribution is 8.13. The Morgan fingerprint density at radius 2 is 2.00 bits per heavy atom. The minimum absolute atomic E-state index is 0.0506. The molecular weight excluding hydrogens is 214 g/mol. The fourth-order valence-corrected chi connectivity index (χ4v) is 1.90. The number of hydrogen-bond donors (Lipinski definition) is 5. The molecule has 0 aliphatic rings. The molecule has 0 atom stereocenters. The van der Waals surface area contributed by atoms with Crippen molar-refractivity contribution < 1.29 is 15.9 Å². The lowest BCUT2D eigenvalue weighted by molar-refractivity contribution is -0.366. The number of hydrogen-bond acceptors (Lipinski definition) is 4. The molecule has 0 aliphatic heterocycles.